The highest BCUT2D eigenvalue weighted by Gasteiger charge is 2.10. The molecule has 0 aliphatic rings. The summed E-state index contributed by atoms with van der Waals surface area (Å²) in [5.41, 5.74) is 8.11. The van der Waals surface area contributed by atoms with E-state index in [0.29, 0.717) is 16.7 Å². The number of nitrogens with two attached hydrogens (primary N) is 1. The molecule has 0 saturated carbocycles. The Kier molecular flexibility index (Phi) is 5.27. The van der Waals surface area contributed by atoms with Crippen LogP contribution in [0.2, 0.25) is 5.02 Å². The first kappa shape index (κ1) is 15.9. The van der Waals surface area contributed by atoms with E-state index in [1.165, 1.54) is 5.56 Å². The van der Waals surface area contributed by atoms with Crippen LogP contribution in [0.4, 0.5) is 0 Å². The van der Waals surface area contributed by atoms with Crippen LogP contribution in [0, 0.1) is 0 Å². The van der Waals surface area contributed by atoms with Crippen molar-refractivity contribution in [2.45, 2.75) is 39.2 Å². The number of ether oxygens (including phenoxy) is 1. The molecule has 2 rings (SSSR count). The summed E-state index contributed by atoms with van der Waals surface area (Å²) < 4.78 is 6.00. The van der Waals surface area contributed by atoms with Gasteiger partial charge in [-0.2, -0.15) is 0 Å². The van der Waals surface area contributed by atoms with Crippen LogP contribution >= 0.6 is 11.6 Å². The second kappa shape index (κ2) is 6.97. The third-order valence-corrected chi connectivity index (χ3v) is 3.61. The molecule has 21 heavy (non-hydrogen) atoms. The van der Waals surface area contributed by atoms with Crippen LogP contribution in [-0.2, 0) is 6.42 Å². The van der Waals surface area contributed by atoms with Crippen LogP contribution in [-0.4, -0.2) is 6.04 Å². The maximum atomic E-state index is 6.33. The van der Waals surface area contributed by atoms with Crippen LogP contribution < -0.4 is 10.5 Å². The molecule has 112 valence electrons. The minimum atomic E-state index is 0.120. The topological polar surface area (TPSA) is 35.2 Å². The van der Waals surface area contributed by atoms with Gasteiger partial charge in [-0.3, -0.25) is 0 Å². The Bertz CT molecular complexity index is 608. The summed E-state index contributed by atoms with van der Waals surface area (Å²) >= 11 is 6.33. The summed E-state index contributed by atoms with van der Waals surface area (Å²) in [6, 6.07) is 14.0. The lowest BCUT2D eigenvalue weighted by molar-refractivity contribution is 0.473. The van der Waals surface area contributed by atoms with Crippen LogP contribution in [0.25, 0.3) is 0 Å². The third kappa shape index (κ3) is 4.23. The molecular weight excluding hydrogens is 282 g/mol. The van der Waals surface area contributed by atoms with Gasteiger partial charge in [0.05, 0.1) is 5.02 Å². The second-order valence-corrected chi connectivity index (χ2v) is 6.15. The van der Waals surface area contributed by atoms with E-state index in [-0.39, 0.29) is 6.04 Å². The van der Waals surface area contributed by atoms with E-state index in [1.807, 2.05) is 43.3 Å². The van der Waals surface area contributed by atoms with E-state index in [4.69, 9.17) is 22.1 Å². The van der Waals surface area contributed by atoms with Gasteiger partial charge in [-0.25, -0.2) is 0 Å². The zero-order chi connectivity index (χ0) is 15.4. The highest BCUT2D eigenvalue weighted by atomic mass is 35.5. The van der Waals surface area contributed by atoms with Gasteiger partial charge in [0.2, 0.25) is 0 Å². The lowest BCUT2D eigenvalue weighted by Crippen LogP contribution is -2.17. The molecule has 0 radical (unpaired) electrons. The molecule has 0 aliphatic carbocycles. The van der Waals surface area contributed by atoms with Crippen LogP contribution in [0.1, 0.15) is 37.8 Å². The predicted octanol–water partition coefficient (Wildman–Crippen LogP) is 5.15. The fourth-order valence-electron chi connectivity index (χ4n) is 2.29. The lowest BCUT2D eigenvalue weighted by atomic mass is 10.0. The molecule has 0 saturated heterocycles. The van der Waals surface area contributed by atoms with E-state index in [9.17, 15) is 0 Å². The Balaban J connectivity index is 2.24. The van der Waals surface area contributed by atoms with Gasteiger partial charge in [0.15, 0.2) is 0 Å². The van der Waals surface area contributed by atoms with E-state index in [0.717, 1.165) is 17.7 Å². The molecule has 0 amide bonds. The van der Waals surface area contributed by atoms with Crippen molar-refractivity contribution in [3.8, 4) is 11.5 Å². The molecule has 1 unspecified atom stereocenters. The van der Waals surface area contributed by atoms with Gasteiger partial charge < -0.3 is 10.5 Å². The van der Waals surface area contributed by atoms with Gasteiger partial charge in [0.1, 0.15) is 11.5 Å². The molecule has 2 aromatic carbocycles. The Labute approximate surface area is 131 Å². The summed E-state index contributed by atoms with van der Waals surface area (Å²) in [7, 11) is 0. The number of hydrogen-bond acceptors (Lipinski definition) is 2. The first-order chi connectivity index (χ1) is 9.97. The smallest absolute Gasteiger partial charge is 0.146 e. The van der Waals surface area contributed by atoms with Gasteiger partial charge in [-0.1, -0.05) is 49.7 Å². The highest BCUT2D eigenvalue weighted by Crippen LogP contribution is 2.34. The SMILES string of the molecule is CC(N)Cc1ccc(Oc2ccccc2C(C)C)c(Cl)c1. The second-order valence-electron chi connectivity index (χ2n) is 5.74. The van der Waals surface area contributed by atoms with E-state index in [1.54, 1.807) is 0 Å². The maximum absolute atomic E-state index is 6.33. The molecule has 2 N–H and O–H groups in total. The zero-order valence-corrected chi connectivity index (χ0v) is 13.5. The maximum Gasteiger partial charge on any atom is 0.146 e. The Hall–Kier alpha value is -1.51. The standard InChI is InChI=1S/C18H22ClNO/c1-12(2)15-6-4-5-7-17(15)21-18-9-8-14(10-13(3)20)11-16(18)19/h4-9,11-13H,10,20H2,1-3H3. The summed E-state index contributed by atoms with van der Waals surface area (Å²) in [6.45, 7) is 6.28. The molecule has 0 spiro atoms. The summed E-state index contributed by atoms with van der Waals surface area (Å²) in [5.74, 6) is 1.94. The van der Waals surface area contributed by atoms with E-state index in [2.05, 4.69) is 19.9 Å². The fourth-order valence-corrected chi connectivity index (χ4v) is 2.54. The van der Waals surface area contributed by atoms with Crippen molar-refractivity contribution in [1.82, 2.24) is 0 Å². The van der Waals surface area contributed by atoms with Gasteiger partial charge in [0.25, 0.3) is 0 Å². The Morgan fingerprint density at radius 2 is 1.76 bits per heavy atom. The van der Waals surface area contributed by atoms with E-state index >= 15 is 0 Å². The van der Waals surface area contributed by atoms with Crippen molar-refractivity contribution in [2.75, 3.05) is 0 Å². The lowest BCUT2D eigenvalue weighted by Gasteiger charge is -2.15. The molecule has 0 bridgehead atoms. The summed E-state index contributed by atoms with van der Waals surface area (Å²) in [5, 5.41) is 0.617. The van der Waals surface area contributed by atoms with Crippen molar-refractivity contribution in [3.63, 3.8) is 0 Å². The molecule has 0 heterocycles. The Morgan fingerprint density at radius 3 is 2.38 bits per heavy atom. The van der Waals surface area contributed by atoms with Crippen molar-refractivity contribution in [1.29, 1.82) is 0 Å². The number of para-hydroxylation sites is 1. The molecular formula is C18H22ClNO. The largest absolute Gasteiger partial charge is 0.456 e. The van der Waals surface area contributed by atoms with Gasteiger partial charge in [-0.15, -0.1) is 0 Å². The van der Waals surface area contributed by atoms with Crippen molar-refractivity contribution in [3.05, 3.63) is 58.6 Å². The van der Waals surface area contributed by atoms with Crippen molar-refractivity contribution in [2.24, 2.45) is 5.73 Å². The number of rotatable bonds is 5. The highest BCUT2D eigenvalue weighted by molar-refractivity contribution is 6.32. The predicted molar refractivity (Wildman–Crippen MR) is 89.4 cm³/mol. The molecule has 0 fully saturated rings. The average molecular weight is 304 g/mol. The molecule has 2 nitrogen and oxygen atoms in total. The molecule has 1 atom stereocenters. The first-order valence-electron chi connectivity index (χ1n) is 7.28. The zero-order valence-electron chi connectivity index (χ0n) is 12.8. The van der Waals surface area contributed by atoms with Gasteiger partial charge in [0, 0.05) is 6.04 Å². The minimum Gasteiger partial charge on any atom is -0.456 e. The number of halogens is 1. The molecule has 2 aromatic rings. The summed E-state index contributed by atoms with van der Waals surface area (Å²) in [6.07, 6.45) is 0.808. The molecule has 0 aromatic heterocycles. The fraction of sp³-hybridized carbons (Fsp3) is 0.333. The quantitative estimate of drug-likeness (QED) is 0.829. The minimum absolute atomic E-state index is 0.120. The average Bonchev–Trinajstić information content (AvgIpc) is 2.41. The van der Waals surface area contributed by atoms with Crippen molar-refractivity contribution < 1.29 is 4.74 Å². The number of hydrogen-bond donors (Lipinski definition) is 1. The normalized spacial score (nSPS) is 12.5. The van der Waals surface area contributed by atoms with Gasteiger partial charge >= 0.3 is 0 Å². The summed E-state index contributed by atoms with van der Waals surface area (Å²) in [4.78, 5) is 0. The van der Waals surface area contributed by atoms with Crippen LogP contribution in [0.3, 0.4) is 0 Å². The monoisotopic (exact) mass is 303 g/mol. The first-order valence-corrected chi connectivity index (χ1v) is 7.66. The molecule has 0 aliphatic heterocycles. The van der Waals surface area contributed by atoms with Crippen LogP contribution in [0.5, 0.6) is 11.5 Å². The van der Waals surface area contributed by atoms with Crippen LogP contribution in [0.15, 0.2) is 42.5 Å². The van der Waals surface area contributed by atoms with Crippen molar-refractivity contribution >= 4 is 11.6 Å². The third-order valence-electron chi connectivity index (χ3n) is 3.31. The van der Waals surface area contributed by atoms with E-state index < -0.39 is 0 Å². The molecule has 3 heteroatoms. The number of benzene rings is 2. The Morgan fingerprint density at radius 1 is 1.05 bits per heavy atom. The van der Waals surface area contributed by atoms with Gasteiger partial charge in [-0.05, 0) is 48.6 Å².